The summed E-state index contributed by atoms with van der Waals surface area (Å²) in [6.45, 7) is 4.59. The Balaban J connectivity index is 0.00000364. The molecule has 6 nitrogen and oxygen atoms in total. The van der Waals surface area contributed by atoms with Crippen molar-refractivity contribution in [3.05, 3.63) is 47.3 Å². The van der Waals surface area contributed by atoms with Gasteiger partial charge >= 0.3 is 0 Å². The molecule has 1 heterocycles. The van der Waals surface area contributed by atoms with Crippen LogP contribution in [-0.2, 0) is 21.2 Å². The van der Waals surface area contributed by atoms with Crippen LogP contribution in [0.25, 0.3) is 0 Å². The van der Waals surface area contributed by atoms with Crippen LogP contribution < -0.4 is 15.8 Å². The number of carbonyl (C=O) groups is 1. The number of sulfonamides is 1. The third kappa shape index (κ3) is 7.50. The van der Waals surface area contributed by atoms with Crippen LogP contribution in [0.15, 0.2) is 46.0 Å². The van der Waals surface area contributed by atoms with Gasteiger partial charge in [0.15, 0.2) is 0 Å². The van der Waals surface area contributed by atoms with Crippen molar-refractivity contribution < 1.29 is 13.2 Å². The zero-order valence-corrected chi connectivity index (χ0v) is 17.8. The number of hydrogen-bond acceptors (Lipinski definition) is 5. The van der Waals surface area contributed by atoms with E-state index >= 15 is 0 Å². The highest BCUT2D eigenvalue weighted by atomic mass is 35.5. The van der Waals surface area contributed by atoms with Gasteiger partial charge in [0, 0.05) is 18.3 Å². The van der Waals surface area contributed by atoms with E-state index in [2.05, 4.69) is 23.9 Å². The van der Waals surface area contributed by atoms with Crippen LogP contribution in [0, 0.1) is 5.92 Å². The number of anilines is 1. The first kappa shape index (κ1) is 23.4. The lowest BCUT2D eigenvalue weighted by Gasteiger charge is -2.18. The van der Waals surface area contributed by atoms with Crippen LogP contribution in [0.2, 0.25) is 0 Å². The number of nitrogens with one attached hydrogen (secondary N) is 2. The molecule has 150 valence electrons. The fraction of sp³-hybridized carbons (Fsp3) is 0.389. The van der Waals surface area contributed by atoms with E-state index in [1.807, 2.05) is 0 Å². The Hall–Kier alpha value is -1.61. The minimum atomic E-state index is -3.56. The van der Waals surface area contributed by atoms with Gasteiger partial charge in [-0.25, -0.2) is 8.42 Å². The Labute approximate surface area is 171 Å². The molecule has 2 aromatic rings. The third-order valence-electron chi connectivity index (χ3n) is 3.74. The van der Waals surface area contributed by atoms with Crippen LogP contribution in [-0.4, -0.2) is 26.9 Å². The predicted octanol–water partition coefficient (Wildman–Crippen LogP) is 3.00. The van der Waals surface area contributed by atoms with E-state index in [1.54, 1.807) is 41.8 Å². The van der Waals surface area contributed by atoms with Crippen molar-refractivity contribution in [1.82, 2.24) is 5.32 Å². The standard InChI is InChI=1S/C18H25N3O3S2.ClH/c1-13(2)10-16(12-19)20-17(22)11-14-5-7-15(8-6-14)21-26(23,24)18-4-3-9-25-18;/h3-9,13,16,21H,10-12,19H2,1-2H3,(H,20,22);1H. The highest BCUT2D eigenvalue weighted by molar-refractivity contribution is 7.94. The Morgan fingerprint density at radius 3 is 2.37 bits per heavy atom. The van der Waals surface area contributed by atoms with Gasteiger partial charge < -0.3 is 11.1 Å². The molecule has 1 aromatic heterocycles. The van der Waals surface area contributed by atoms with Gasteiger partial charge in [-0.1, -0.05) is 32.0 Å². The lowest BCUT2D eigenvalue weighted by molar-refractivity contribution is -0.121. The Morgan fingerprint density at radius 2 is 1.85 bits per heavy atom. The minimum absolute atomic E-state index is 0. The molecule has 1 amide bonds. The zero-order chi connectivity index (χ0) is 19.2. The molecule has 0 aliphatic heterocycles. The molecule has 0 fully saturated rings. The molecule has 0 radical (unpaired) electrons. The molecule has 0 saturated carbocycles. The Morgan fingerprint density at radius 1 is 1.19 bits per heavy atom. The predicted molar refractivity (Wildman–Crippen MR) is 113 cm³/mol. The number of amides is 1. The summed E-state index contributed by atoms with van der Waals surface area (Å²) in [6, 6.07) is 10.0. The SMILES string of the molecule is CC(C)CC(CN)NC(=O)Cc1ccc(NS(=O)(=O)c2cccs2)cc1.Cl. The normalized spacial score (nSPS) is 12.3. The van der Waals surface area contributed by atoms with E-state index in [4.69, 9.17) is 5.73 Å². The van der Waals surface area contributed by atoms with Crippen molar-refractivity contribution in [2.24, 2.45) is 11.7 Å². The number of benzene rings is 1. The van der Waals surface area contributed by atoms with Crippen molar-refractivity contribution in [2.45, 2.75) is 36.9 Å². The number of halogens is 1. The molecular weight excluding hydrogens is 406 g/mol. The van der Waals surface area contributed by atoms with Gasteiger partial charge in [0.2, 0.25) is 5.91 Å². The fourth-order valence-electron chi connectivity index (χ4n) is 2.56. The fourth-order valence-corrected chi connectivity index (χ4v) is 4.61. The van der Waals surface area contributed by atoms with Crippen LogP contribution in [0.1, 0.15) is 25.8 Å². The minimum Gasteiger partial charge on any atom is -0.352 e. The van der Waals surface area contributed by atoms with Gasteiger partial charge in [-0.2, -0.15) is 0 Å². The molecule has 2 rings (SSSR count). The van der Waals surface area contributed by atoms with E-state index in [0.717, 1.165) is 23.3 Å². The van der Waals surface area contributed by atoms with Gasteiger partial charge in [0.05, 0.1) is 6.42 Å². The van der Waals surface area contributed by atoms with Crippen molar-refractivity contribution in [3.8, 4) is 0 Å². The van der Waals surface area contributed by atoms with E-state index in [0.29, 0.717) is 18.2 Å². The maximum absolute atomic E-state index is 12.2. The quantitative estimate of drug-likeness (QED) is 0.568. The van der Waals surface area contributed by atoms with Gasteiger partial charge in [0.1, 0.15) is 4.21 Å². The van der Waals surface area contributed by atoms with Crippen LogP contribution in [0.3, 0.4) is 0 Å². The van der Waals surface area contributed by atoms with Gasteiger partial charge in [-0.05, 0) is 41.5 Å². The Kier molecular flexibility index (Phi) is 9.25. The van der Waals surface area contributed by atoms with Crippen LogP contribution >= 0.6 is 23.7 Å². The highest BCUT2D eigenvalue weighted by Gasteiger charge is 2.16. The van der Waals surface area contributed by atoms with Crippen molar-refractivity contribution in [3.63, 3.8) is 0 Å². The average molecular weight is 432 g/mol. The largest absolute Gasteiger partial charge is 0.352 e. The maximum Gasteiger partial charge on any atom is 0.271 e. The van der Waals surface area contributed by atoms with Gasteiger partial charge in [0.25, 0.3) is 10.0 Å². The average Bonchev–Trinajstić information content (AvgIpc) is 3.11. The van der Waals surface area contributed by atoms with E-state index in [9.17, 15) is 13.2 Å². The molecule has 9 heteroatoms. The summed E-state index contributed by atoms with van der Waals surface area (Å²) in [5.41, 5.74) is 6.97. The monoisotopic (exact) mass is 431 g/mol. The molecule has 0 saturated heterocycles. The summed E-state index contributed by atoms with van der Waals surface area (Å²) in [7, 11) is -3.56. The Bertz CT molecular complexity index is 807. The summed E-state index contributed by atoms with van der Waals surface area (Å²) >= 11 is 1.16. The van der Waals surface area contributed by atoms with Crippen LogP contribution in [0.4, 0.5) is 5.69 Å². The summed E-state index contributed by atoms with van der Waals surface area (Å²) in [4.78, 5) is 12.2. The second kappa shape index (κ2) is 10.7. The molecule has 0 spiro atoms. The number of hydrogen-bond donors (Lipinski definition) is 3. The summed E-state index contributed by atoms with van der Waals surface area (Å²) in [5, 5.41) is 4.66. The first-order valence-corrected chi connectivity index (χ1v) is 10.8. The molecule has 4 N–H and O–H groups in total. The smallest absolute Gasteiger partial charge is 0.271 e. The number of rotatable bonds is 9. The van der Waals surface area contributed by atoms with E-state index in [-0.39, 0.29) is 35.0 Å². The lowest BCUT2D eigenvalue weighted by atomic mass is 10.0. The molecule has 1 aromatic carbocycles. The second-order valence-electron chi connectivity index (χ2n) is 6.54. The first-order chi connectivity index (χ1) is 12.3. The van der Waals surface area contributed by atoms with Crippen molar-refractivity contribution >= 4 is 45.4 Å². The van der Waals surface area contributed by atoms with E-state index in [1.165, 1.54) is 0 Å². The maximum atomic E-state index is 12.2. The topological polar surface area (TPSA) is 101 Å². The summed E-state index contributed by atoms with van der Waals surface area (Å²) in [5.74, 6) is 0.368. The molecular formula is C18H26ClN3O3S2. The molecule has 0 aliphatic rings. The number of thiophene rings is 1. The van der Waals surface area contributed by atoms with Gasteiger partial charge in [-0.15, -0.1) is 23.7 Å². The zero-order valence-electron chi connectivity index (χ0n) is 15.3. The second-order valence-corrected chi connectivity index (χ2v) is 9.40. The third-order valence-corrected chi connectivity index (χ3v) is 6.52. The molecule has 1 unspecified atom stereocenters. The molecule has 0 aliphatic carbocycles. The van der Waals surface area contributed by atoms with Gasteiger partial charge in [-0.3, -0.25) is 9.52 Å². The van der Waals surface area contributed by atoms with E-state index < -0.39 is 10.0 Å². The number of nitrogens with two attached hydrogens (primary N) is 1. The number of carbonyl (C=O) groups excluding carboxylic acids is 1. The van der Waals surface area contributed by atoms with Crippen LogP contribution in [0.5, 0.6) is 0 Å². The lowest BCUT2D eigenvalue weighted by Crippen LogP contribution is -2.41. The molecule has 1 atom stereocenters. The van der Waals surface area contributed by atoms with Crippen molar-refractivity contribution in [2.75, 3.05) is 11.3 Å². The summed E-state index contributed by atoms with van der Waals surface area (Å²) in [6.07, 6.45) is 1.07. The first-order valence-electron chi connectivity index (χ1n) is 8.45. The molecule has 27 heavy (non-hydrogen) atoms. The summed E-state index contributed by atoms with van der Waals surface area (Å²) < 4.78 is 27.2. The molecule has 0 bridgehead atoms. The van der Waals surface area contributed by atoms with Crippen molar-refractivity contribution in [1.29, 1.82) is 0 Å². The highest BCUT2D eigenvalue weighted by Crippen LogP contribution is 2.20.